The second-order valence-corrected chi connectivity index (χ2v) is 6.94. The Balaban J connectivity index is 1.77. The Bertz CT molecular complexity index is 263. The number of rotatable bonds is 7. The molecule has 0 aromatic carbocycles. The van der Waals surface area contributed by atoms with E-state index in [0.29, 0.717) is 6.04 Å². The van der Waals surface area contributed by atoms with Crippen molar-refractivity contribution >= 4 is 0 Å². The van der Waals surface area contributed by atoms with Gasteiger partial charge in [-0.05, 0) is 58.8 Å². The van der Waals surface area contributed by atoms with Gasteiger partial charge in [0, 0.05) is 25.2 Å². The molecule has 2 atom stereocenters. The molecule has 2 unspecified atom stereocenters. The van der Waals surface area contributed by atoms with Gasteiger partial charge in [-0.3, -0.25) is 4.90 Å². The van der Waals surface area contributed by atoms with E-state index in [1.54, 1.807) is 0 Å². The second kappa shape index (κ2) is 8.35. The number of likely N-dealkylation sites (N-methyl/N-ethyl adjacent to an activating group) is 3. The largest absolute Gasteiger partial charge is 0.315 e. The van der Waals surface area contributed by atoms with E-state index < -0.39 is 0 Å². The molecule has 20 heavy (non-hydrogen) atoms. The van der Waals surface area contributed by atoms with E-state index in [0.717, 1.165) is 12.0 Å². The number of nitrogens with one attached hydrogen (secondary N) is 1. The fourth-order valence-electron chi connectivity index (χ4n) is 4.30. The van der Waals surface area contributed by atoms with Crippen LogP contribution in [0.5, 0.6) is 0 Å². The molecular formula is C17H35N3. The van der Waals surface area contributed by atoms with E-state index in [4.69, 9.17) is 0 Å². The topological polar surface area (TPSA) is 18.5 Å². The van der Waals surface area contributed by atoms with Crippen LogP contribution in [0.2, 0.25) is 0 Å². The van der Waals surface area contributed by atoms with Crippen molar-refractivity contribution in [2.75, 3.05) is 40.3 Å². The van der Waals surface area contributed by atoms with Crippen molar-refractivity contribution in [2.24, 2.45) is 5.92 Å². The Morgan fingerprint density at radius 2 is 1.90 bits per heavy atom. The Morgan fingerprint density at radius 3 is 2.55 bits per heavy atom. The van der Waals surface area contributed by atoms with Crippen molar-refractivity contribution in [1.29, 1.82) is 0 Å². The van der Waals surface area contributed by atoms with E-state index in [1.165, 1.54) is 71.1 Å². The maximum absolute atomic E-state index is 3.60. The summed E-state index contributed by atoms with van der Waals surface area (Å²) in [5.74, 6) is 0.905. The zero-order valence-electron chi connectivity index (χ0n) is 13.9. The second-order valence-electron chi connectivity index (χ2n) is 6.94. The minimum absolute atomic E-state index is 0.691. The van der Waals surface area contributed by atoms with Gasteiger partial charge in [-0.15, -0.1) is 0 Å². The maximum Gasteiger partial charge on any atom is 0.0223 e. The van der Waals surface area contributed by atoms with Crippen LogP contribution in [0.1, 0.15) is 51.9 Å². The molecule has 2 rings (SSSR count). The fraction of sp³-hybridized carbons (Fsp3) is 1.00. The van der Waals surface area contributed by atoms with Crippen LogP contribution >= 0.6 is 0 Å². The van der Waals surface area contributed by atoms with Crippen LogP contribution in [0.3, 0.4) is 0 Å². The molecule has 0 spiro atoms. The van der Waals surface area contributed by atoms with Crippen LogP contribution in [-0.2, 0) is 0 Å². The Kier molecular flexibility index (Phi) is 6.79. The average molecular weight is 281 g/mol. The Labute approximate surface area is 126 Å². The molecule has 0 aromatic heterocycles. The first-order valence-corrected chi connectivity index (χ1v) is 8.84. The molecule has 0 aromatic rings. The third-order valence-electron chi connectivity index (χ3n) is 5.53. The molecular weight excluding hydrogens is 246 g/mol. The van der Waals surface area contributed by atoms with E-state index in [1.807, 2.05) is 0 Å². The lowest BCUT2D eigenvalue weighted by atomic mass is 9.83. The van der Waals surface area contributed by atoms with E-state index >= 15 is 0 Å². The average Bonchev–Trinajstić information content (AvgIpc) is 2.92. The van der Waals surface area contributed by atoms with Crippen LogP contribution in [0.25, 0.3) is 0 Å². The molecule has 1 heterocycles. The van der Waals surface area contributed by atoms with Gasteiger partial charge in [-0.1, -0.05) is 26.2 Å². The lowest BCUT2D eigenvalue weighted by Gasteiger charge is -2.35. The van der Waals surface area contributed by atoms with Crippen LogP contribution < -0.4 is 5.32 Å². The molecule has 1 saturated carbocycles. The van der Waals surface area contributed by atoms with Gasteiger partial charge in [0.2, 0.25) is 0 Å². The van der Waals surface area contributed by atoms with Gasteiger partial charge in [0.25, 0.3) is 0 Å². The lowest BCUT2D eigenvalue weighted by Crippen LogP contribution is -2.47. The zero-order chi connectivity index (χ0) is 14.4. The minimum atomic E-state index is 0.691. The Hall–Kier alpha value is -0.120. The molecule has 1 aliphatic carbocycles. The van der Waals surface area contributed by atoms with Crippen molar-refractivity contribution in [3.8, 4) is 0 Å². The standard InChI is InChI=1S/C17H35N3/c1-4-20-12-8-11-16(20)13-19(3)14-17(18-2)15-9-6-5-7-10-15/h15-18H,4-14H2,1-3H3. The number of hydrogen-bond acceptors (Lipinski definition) is 3. The van der Waals surface area contributed by atoms with Crippen molar-refractivity contribution < 1.29 is 0 Å². The molecule has 1 N–H and O–H groups in total. The quantitative estimate of drug-likeness (QED) is 0.774. The van der Waals surface area contributed by atoms with E-state index in [9.17, 15) is 0 Å². The summed E-state index contributed by atoms with van der Waals surface area (Å²) in [6.07, 6.45) is 10.00. The molecule has 1 saturated heterocycles. The summed E-state index contributed by atoms with van der Waals surface area (Å²) in [6, 6.07) is 1.49. The number of nitrogens with zero attached hydrogens (tertiary/aromatic N) is 2. The van der Waals surface area contributed by atoms with Crippen molar-refractivity contribution in [3.05, 3.63) is 0 Å². The first-order chi connectivity index (χ1) is 9.74. The van der Waals surface area contributed by atoms with E-state index in [-0.39, 0.29) is 0 Å². The molecule has 0 bridgehead atoms. The number of likely N-dealkylation sites (tertiary alicyclic amines) is 1. The minimum Gasteiger partial charge on any atom is -0.315 e. The SMILES string of the molecule is CCN1CCCC1CN(C)CC(NC)C1CCCCC1. The van der Waals surface area contributed by atoms with Gasteiger partial charge in [-0.2, -0.15) is 0 Å². The van der Waals surface area contributed by atoms with Crippen LogP contribution in [0.15, 0.2) is 0 Å². The molecule has 118 valence electrons. The van der Waals surface area contributed by atoms with Gasteiger partial charge in [0.05, 0.1) is 0 Å². The highest BCUT2D eigenvalue weighted by molar-refractivity contribution is 4.84. The summed E-state index contributed by atoms with van der Waals surface area (Å²) in [5.41, 5.74) is 0. The van der Waals surface area contributed by atoms with Crippen molar-refractivity contribution in [2.45, 2.75) is 64.0 Å². The van der Waals surface area contributed by atoms with Crippen LogP contribution in [0, 0.1) is 5.92 Å². The molecule has 0 radical (unpaired) electrons. The van der Waals surface area contributed by atoms with Crippen molar-refractivity contribution in [3.63, 3.8) is 0 Å². The highest BCUT2D eigenvalue weighted by Gasteiger charge is 2.27. The number of hydrogen-bond donors (Lipinski definition) is 1. The van der Waals surface area contributed by atoms with Gasteiger partial charge in [0.1, 0.15) is 0 Å². The summed E-state index contributed by atoms with van der Waals surface area (Å²) >= 11 is 0. The maximum atomic E-state index is 3.60. The predicted octanol–water partition coefficient (Wildman–Crippen LogP) is 2.57. The molecule has 0 amide bonds. The molecule has 3 nitrogen and oxygen atoms in total. The molecule has 3 heteroatoms. The lowest BCUT2D eigenvalue weighted by molar-refractivity contribution is 0.166. The first kappa shape index (κ1) is 16.3. The first-order valence-electron chi connectivity index (χ1n) is 8.84. The van der Waals surface area contributed by atoms with Gasteiger partial charge in [0.15, 0.2) is 0 Å². The van der Waals surface area contributed by atoms with Crippen molar-refractivity contribution in [1.82, 2.24) is 15.1 Å². The monoisotopic (exact) mass is 281 g/mol. The van der Waals surface area contributed by atoms with Gasteiger partial charge >= 0.3 is 0 Å². The zero-order valence-corrected chi connectivity index (χ0v) is 13.9. The molecule has 2 fully saturated rings. The third kappa shape index (κ3) is 4.44. The van der Waals surface area contributed by atoms with Gasteiger partial charge < -0.3 is 10.2 Å². The summed E-state index contributed by atoms with van der Waals surface area (Å²) in [4.78, 5) is 5.24. The normalized spacial score (nSPS) is 27.3. The summed E-state index contributed by atoms with van der Waals surface area (Å²) in [5, 5.41) is 3.60. The summed E-state index contributed by atoms with van der Waals surface area (Å²) in [7, 11) is 4.47. The predicted molar refractivity (Wildman–Crippen MR) is 87.2 cm³/mol. The van der Waals surface area contributed by atoms with E-state index in [2.05, 4.69) is 36.1 Å². The third-order valence-corrected chi connectivity index (χ3v) is 5.53. The molecule has 2 aliphatic rings. The smallest absolute Gasteiger partial charge is 0.0223 e. The Morgan fingerprint density at radius 1 is 1.15 bits per heavy atom. The highest BCUT2D eigenvalue weighted by atomic mass is 15.2. The fourth-order valence-corrected chi connectivity index (χ4v) is 4.30. The van der Waals surface area contributed by atoms with Gasteiger partial charge in [-0.25, -0.2) is 0 Å². The summed E-state index contributed by atoms with van der Waals surface area (Å²) in [6.45, 7) is 7.30. The van der Waals surface area contributed by atoms with Crippen LogP contribution in [0.4, 0.5) is 0 Å². The summed E-state index contributed by atoms with van der Waals surface area (Å²) < 4.78 is 0. The highest BCUT2D eigenvalue weighted by Crippen LogP contribution is 2.27. The molecule has 1 aliphatic heterocycles. The van der Waals surface area contributed by atoms with Crippen LogP contribution in [-0.4, -0.2) is 62.2 Å².